The Hall–Kier alpha value is -0.810. The van der Waals surface area contributed by atoms with Gasteiger partial charge >= 0.3 is 0 Å². The van der Waals surface area contributed by atoms with Crippen molar-refractivity contribution in [2.24, 2.45) is 0 Å². The van der Waals surface area contributed by atoms with E-state index < -0.39 is 0 Å². The summed E-state index contributed by atoms with van der Waals surface area (Å²) in [4.78, 5) is 13.8. The molecule has 6 heteroatoms. The van der Waals surface area contributed by atoms with Crippen molar-refractivity contribution in [2.75, 3.05) is 33.9 Å². The van der Waals surface area contributed by atoms with Crippen molar-refractivity contribution in [1.82, 2.24) is 10.2 Å². The van der Waals surface area contributed by atoms with Crippen molar-refractivity contribution in [3.8, 4) is 0 Å². The maximum Gasteiger partial charge on any atom is 0.234 e. The van der Waals surface area contributed by atoms with E-state index in [1.165, 1.54) is 0 Å². The van der Waals surface area contributed by atoms with Crippen LogP contribution in [0, 0.1) is 0 Å². The summed E-state index contributed by atoms with van der Waals surface area (Å²) in [7, 11) is 3.54. The molecule has 0 aliphatic rings. The van der Waals surface area contributed by atoms with Gasteiger partial charge in [-0.3, -0.25) is 9.69 Å². The van der Waals surface area contributed by atoms with Gasteiger partial charge in [-0.05, 0) is 38.1 Å². The fraction of sp³-hybridized carbons (Fsp3) is 0.533. The molecule has 0 saturated heterocycles. The Morgan fingerprint density at radius 1 is 1.43 bits per heavy atom. The number of likely N-dealkylation sites (N-methyl/N-ethyl adjacent to an activating group) is 1. The smallest absolute Gasteiger partial charge is 0.234 e. The number of nitrogens with one attached hydrogen (secondary N) is 1. The predicted molar refractivity (Wildman–Crippen MR) is 87.0 cm³/mol. The second-order valence-corrected chi connectivity index (χ2v) is 5.80. The Labute approximate surface area is 136 Å². The summed E-state index contributed by atoms with van der Waals surface area (Å²) in [6, 6.07) is 5.44. The molecule has 0 radical (unpaired) electrons. The third kappa shape index (κ3) is 6.22. The van der Waals surface area contributed by atoms with E-state index in [4.69, 9.17) is 27.9 Å². The number of methoxy groups -OCH3 is 1. The lowest BCUT2D eigenvalue weighted by Crippen LogP contribution is -2.37. The highest BCUT2D eigenvalue weighted by molar-refractivity contribution is 6.35. The minimum absolute atomic E-state index is 0.00876. The third-order valence-corrected chi connectivity index (χ3v) is 3.88. The van der Waals surface area contributed by atoms with Crippen LogP contribution in [0.15, 0.2) is 18.2 Å². The van der Waals surface area contributed by atoms with Gasteiger partial charge in [0, 0.05) is 36.3 Å². The van der Waals surface area contributed by atoms with Gasteiger partial charge in [-0.2, -0.15) is 0 Å². The zero-order valence-electron chi connectivity index (χ0n) is 12.7. The van der Waals surface area contributed by atoms with Crippen LogP contribution in [0.5, 0.6) is 0 Å². The van der Waals surface area contributed by atoms with Crippen LogP contribution < -0.4 is 5.32 Å². The molecule has 0 aromatic heterocycles. The van der Waals surface area contributed by atoms with E-state index in [2.05, 4.69) is 5.32 Å². The van der Waals surface area contributed by atoms with E-state index in [-0.39, 0.29) is 11.9 Å². The van der Waals surface area contributed by atoms with E-state index in [9.17, 15) is 4.79 Å². The Morgan fingerprint density at radius 3 is 2.76 bits per heavy atom. The standard InChI is InChI=1S/C15H22Cl2N2O2/c1-11(13-6-5-12(16)9-14(13)17)19(2)10-15(20)18-7-4-8-21-3/h5-6,9,11H,4,7-8,10H2,1-3H3,(H,18,20). The van der Waals surface area contributed by atoms with Crippen molar-refractivity contribution in [3.05, 3.63) is 33.8 Å². The quantitative estimate of drug-likeness (QED) is 0.743. The van der Waals surface area contributed by atoms with Crippen LogP contribution in [0.3, 0.4) is 0 Å². The first-order valence-corrected chi connectivity index (χ1v) is 7.62. The molecule has 0 aliphatic heterocycles. The monoisotopic (exact) mass is 332 g/mol. The summed E-state index contributed by atoms with van der Waals surface area (Å²) in [5.41, 5.74) is 0.954. The largest absolute Gasteiger partial charge is 0.385 e. The van der Waals surface area contributed by atoms with Crippen molar-refractivity contribution in [3.63, 3.8) is 0 Å². The van der Waals surface area contributed by atoms with Gasteiger partial charge in [-0.1, -0.05) is 29.3 Å². The van der Waals surface area contributed by atoms with E-state index in [0.717, 1.165) is 12.0 Å². The highest BCUT2D eigenvalue weighted by Crippen LogP contribution is 2.28. The number of carbonyl (C=O) groups is 1. The van der Waals surface area contributed by atoms with E-state index in [1.54, 1.807) is 19.2 Å². The van der Waals surface area contributed by atoms with Gasteiger partial charge in [-0.15, -0.1) is 0 Å². The first-order valence-electron chi connectivity index (χ1n) is 6.86. The molecule has 1 aromatic carbocycles. The summed E-state index contributed by atoms with van der Waals surface area (Å²) in [6.45, 7) is 3.59. The lowest BCUT2D eigenvalue weighted by molar-refractivity contribution is -0.122. The van der Waals surface area contributed by atoms with E-state index in [0.29, 0.717) is 29.7 Å². The van der Waals surface area contributed by atoms with Gasteiger partial charge in [-0.25, -0.2) is 0 Å². The summed E-state index contributed by atoms with van der Waals surface area (Å²) in [5.74, 6) is -0.00876. The molecule has 0 bridgehead atoms. The molecular weight excluding hydrogens is 311 g/mol. The lowest BCUT2D eigenvalue weighted by atomic mass is 10.1. The Kier molecular flexibility index (Phi) is 8.04. The maximum atomic E-state index is 11.8. The molecule has 1 N–H and O–H groups in total. The molecule has 0 heterocycles. The second kappa shape index (κ2) is 9.26. The molecule has 0 spiro atoms. The average molecular weight is 333 g/mol. The molecule has 1 atom stereocenters. The van der Waals surface area contributed by atoms with Crippen molar-refractivity contribution in [1.29, 1.82) is 0 Å². The summed E-state index contributed by atoms with van der Waals surface area (Å²) >= 11 is 12.1. The van der Waals surface area contributed by atoms with Crippen molar-refractivity contribution < 1.29 is 9.53 Å². The van der Waals surface area contributed by atoms with Gasteiger partial charge in [0.2, 0.25) is 5.91 Å². The van der Waals surface area contributed by atoms with Gasteiger partial charge in [0.1, 0.15) is 0 Å². The molecule has 1 amide bonds. The maximum absolute atomic E-state index is 11.8. The minimum Gasteiger partial charge on any atom is -0.385 e. The second-order valence-electron chi connectivity index (χ2n) is 4.95. The Bertz CT molecular complexity index is 469. The van der Waals surface area contributed by atoms with Gasteiger partial charge in [0.25, 0.3) is 0 Å². The highest BCUT2D eigenvalue weighted by atomic mass is 35.5. The van der Waals surface area contributed by atoms with Crippen LogP contribution in [-0.4, -0.2) is 44.7 Å². The number of rotatable bonds is 8. The third-order valence-electron chi connectivity index (χ3n) is 3.31. The number of hydrogen-bond donors (Lipinski definition) is 1. The lowest BCUT2D eigenvalue weighted by Gasteiger charge is -2.25. The molecular formula is C15H22Cl2N2O2. The Morgan fingerprint density at radius 2 is 2.14 bits per heavy atom. The molecule has 118 valence electrons. The van der Waals surface area contributed by atoms with Crippen molar-refractivity contribution in [2.45, 2.75) is 19.4 Å². The molecule has 1 rings (SSSR count). The SMILES string of the molecule is COCCCNC(=O)CN(C)C(C)c1ccc(Cl)cc1Cl. The molecule has 0 saturated carbocycles. The fourth-order valence-electron chi connectivity index (χ4n) is 1.94. The van der Waals surface area contributed by atoms with Gasteiger partial charge < -0.3 is 10.1 Å². The van der Waals surface area contributed by atoms with Crippen LogP contribution in [0.1, 0.15) is 24.9 Å². The molecule has 1 aromatic rings. The van der Waals surface area contributed by atoms with Crippen LogP contribution >= 0.6 is 23.2 Å². The van der Waals surface area contributed by atoms with Crippen molar-refractivity contribution >= 4 is 29.1 Å². The summed E-state index contributed by atoms with van der Waals surface area (Å²) in [6.07, 6.45) is 0.810. The fourth-order valence-corrected chi connectivity index (χ4v) is 2.51. The number of amides is 1. The van der Waals surface area contributed by atoms with Crippen LogP contribution in [0.25, 0.3) is 0 Å². The topological polar surface area (TPSA) is 41.6 Å². The predicted octanol–water partition coefficient (Wildman–Crippen LogP) is 3.14. The average Bonchev–Trinajstić information content (AvgIpc) is 2.43. The summed E-state index contributed by atoms with van der Waals surface area (Å²) in [5, 5.41) is 4.08. The molecule has 0 aliphatic carbocycles. The molecule has 0 fully saturated rings. The number of ether oxygens (including phenoxy) is 1. The molecule has 21 heavy (non-hydrogen) atoms. The number of nitrogens with zero attached hydrogens (tertiary/aromatic N) is 1. The first kappa shape index (κ1) is 18.2. The van der Waals surface area contributed by atoms with Crippen LogP contribution in [-0.2, 0) is 9.53 Å². The van der Waals surface area contributed by atoms with E-state index in [1.807, 2.05) is 24.9 Å². The first-order chi connectivity index (χ1) is 9.95. The van der Waals surface area contributed by atoms with E-state index >= 15 is 0 Å². The number of halogens is 2. The normalized spacial score (nSPS) is 12.5. The molecule has 4 nitrogen and oxygen atoms in total. The van der Waals surface area contributed by atoms with Crippen LogP contribution in [0.4, 0.5) is 0 Å². The molecule has 1 unspecified atom stereocenters. The Balaban J connectivity index is 2.50. The van der Waals surface area contributed by atoms with Gasteiger partial charge in [0.05, 0.1) is 6.54 Å². The zero-order valence-corrected chi connectivity index (χ0v) is 14.2. The number of hydrogen-bond acceptors (Lipinski definition) is 3. The van der Waals surface area contributed by atoms with Gasteiger partial charge in [0.15, 0.2) is 0 Å². The minimum atomic E-state index is -0.00876. The number of carbonyl (C=O) groups excluding carboxylic acids is 1. The number of benzene rings is 1. The van der Waals surface area contributed by atoms with Crippen LogP contribution in [0.2, 0.25) is 10.0 Å². The zero-order chi connectivity index (χ0) is 15.8. The highest BCUT2D eigenvalue weighted by Gasteiger charge is 2.17. The summed E-state index contributed by atoms with van der Waals surface area (Å²) < 4.78 is 4.94.